The fourth-order valence-electron chi connectivity index (χ4n) is 3.15. The first kappa shape index (κ1) is 26.6. The van der Waals surface area contributed by atoms with Crippen molar-refractivity contribution in [1.29, 1.82) is 0 Å². The Morgan fingerprint density at radius 3 is 2.49 bits per heavy atom. The molecule has 1 N–H and O–H groups in total. The summed E-state index contributed by atoms with van der Waals surface area (Å²) >= 11 is 2.92. The van der Waals surface area contributed by atoms with Crippen LogP contribution >= 0.6 is 34.4 Å². The summed E-state index contributed by atoms with van der Waals surface area (Å²) in [6.07, 6.45) is 3.25. The molecule has 2 aromatic rings. The van der Waals surface area contributed by atoms with Crippen molar-refractivity contribution < 1.29 is 28.6 Å². The Morgan fingerprint density at radius 1 is 1.11 bits per heavy atom. The Morgan fingerprint density at radius 2 is 1.83 bits per heavy atom. The first-order valence-corrected chi connectivity index (χ1v) is 12.7. The van der Waals surface area contributed by atoms with Gasteiger partial charge in [0, 0.05) is 5.69 Å². The van der Waals surface area contributed by atoms with Crippen molar-refractivity contribution >= 4 is 63.2 Å². The van der Waals surface area contributed by atoms with Gasteiger partial charge in [-0.05, 0) is 96.2 Å². The lowest BCUT2D eigenvalue weighted by atomic mass is 10.2. The molecule has 1 fully saturated rings. The number of amides is 3. The van der Waals surface area contributed by atoms with Crippen molar-refractivity contribution in [2.45, 2.75) is 13.8 Å². The summed E-state index contributed by atoms with van der Waals surface area (Å²) in [7, 11) is 0. The highest BCUT2D eigenvalue weighted by Gasteiger charge is 2.36. The summed E-state index contributed by atoms with van der Waals surface area (Å²) in [5, 5.41) is 2.18. The van der Waals surface area contributed by atoms with E-state index < -0.39 is 17.1 Å². The van der Waals surface area contributed by atoms with Crippen LogP contribution in [-0.4, -0.2) is 48.3 Å². The number of anilines is 1. The number of thioether (sulfide) groups is 1. The normalized spacial score (nSPS) is 14.3. The molecule has 0 bridgehead atoms. The quantitative estimate of drug-likeness (QED) is 0.210. The molecule has 0 atom stereocenters. The second-order valence-corrected chi connectivity index (χ2v) is 9.29. The minimum absolute atomic E-state index is 0.224. The maximum Gasteiger partial charge on any atom is 0.294 e. The van der Waals surface area contributed by atoms with Gasteiger partial charge in [-0.3, -0.25) is 19.3 Å². The highest BCUT2D eigenvalue weighted by molar-refractivity contribution is 14.1. The summed E-state index contributed by atoms with van der Waals surface area (Å²) in [6, 6.07) is 10.4. The number of hydrogen-bond acceptors (Lipinski definition) is 7. The minimum Gasteiger partial charge on any atom is -0.494 e. The van der Waals surface area contributed by atoms with E-state index in [4.69, 9.17) is 14.2 Å². The van der Waals surface area contributed by atoms with Crippen LogP contribution in [0.3, 0.4) is 0 Å². The second-order valence-electron chi connectivity index (χ2n) is 7.14. The number of imide groups is 1. The maximum atomic E-state index is 12.9. The van der Waals surface area contributed by atoms with Crippen LogP contribution in [0.25, 0.3) is 6.08 Å². The van der Waals surface area contributed by atoms with Crippen LogP contribution in [0.2, 0.25) is 0 Å². The molecule has 8 nitrogen and oxygen atoms in total. The van der Waals surface area contributed by atoms with E-state index in [0.29, 0.717) is 48.3 Å². The minimum atomic E-state index is -0.526. The lowest BCUT2D eigenvalue weighted by Crippen LogP contribution is -2.36. The molecule has 35 heavy (non-hydrogen) atoms. The molecular formula is C25H25IN2O6S. The van der Waals surface area contributed by atoms with Gasteiger partial charge in [-0.15, -0.1) is 0 Å². The van der Waals surface area contributed by atoms with Gasteiger partial charge in [-0.25, -0.2) is 0 Å². The van der Waals surface area contributed by atoms with E-state index in [2.05, 4.69) is 34.5 Å². The van der Waals surface area contributed by atoms with E-state index in [-0.39, 0.29) is 11.4 Å². The molecule has 1 aliphatic heterocycles. The maximum absolute atomic E-state index is 12.9. The Kier molecular flexibility index (Phi) is 9.61. The molecule has 0 spiro atoms. The molecule has 0 unspecified atom stereocenters. The molecule has 184 valence electrons. The second kappa shape index (κ2) is 12.6. The molecule has 0 aliphatic carbocycles. The summed E-state index contributed by atoms with van der Waals surface area (Å²) in [5.41, 5.74) is 1.21. The lowest BCUT2D eigenvalue weighted by molar-refractivity contribution is -0.127. The van der Waals surface area contributed by atoms with Crippen LogP contribution in [0.4, 0.5) is 10.5 Å². The highest BCUT2D eigenvalue weighted by Crippen LogP contribution is 2.37. The van der Waals surface area contributed by atoms with Crippen LogP contribution < -0.4 is 19.5 Å². The van der Waals surface area contributed by atoms with Crippen molar-refractivity contribution in [3.63, 3.8) is 0 Å². The number of rotatable bonds is 11. The largest absolute Gasteiger partial charge is 0.494 e. The van der Waals surface area contributed by atoms with Gasteiger partial charge in [0.1, 0.15) is 18.9 Å². The van der Waals surface area contributed by atoms with Gasteiger partial charge in [0.25, 0.3) is 11.1 Å². The van der Waals surface area contributed by atoms with Gasteiger partial charge < -0.3 is 19.5 Å². The molecule has 0 radical (unpaired) electrons. The molecule has 2 aromatic carbocycles. The SMILES string of the molecule is C=CCOc1c(I)cc(/C=C2/SC(=O)N(CC(=O)Nc3ccc(OCC)cc3)C2=O)cc1OCC. The van der Waals surface area contributed by atoms with Gasteiger partial charge in [0.05, 0.1) is 21.7 Å². The van der Waals surface area contributed by atoms with Gasteiger partial charge in [-0.1, -0.05) is 12.7 Å². The average Bonchev–Trinajstić information content (AvgIpc) is 3.07. The smallest absolute Gasteiger partial charge is 0.294 e. The zero-order chi connectivity index (χ0) is 25.4. The Bertz CT molecular complexity index is 1150. The number of hydrogen-bond donors (Lipinski definition) is 1. The number of ether oxygens (including phenoxy) is 3. The summed E-state index contributed by atoms with van der Waals surface area (Å²) in [5.74, 6) is 0.797. The first-order chi connectivity index (χ1) is 16.9. The summed E-state index contributed by atoms with van der Waals surface area (Å²) in [4.78, 5) is 39.0. The fraction of sp³-hybridized carbons (Fsp3) is 0.240. The lowest BCUT2D eigenvalue weighted by Gasteiger charge is -2.14. The van der Waals surface area contributed by atoms with E-state index in [1.165, 1.54) is 0 Å². The molecule has 0 saturated carbocycles. The van der Waals surface area contributed by atoms with Crippen molar-refractivity contribution in [2.24, 2.45) is 0 Å². The van der Waals surface area contributed by atoms with Crippen LogP contribution in [-0.2, 0) is 9.59 Å². The monoisotopic (exact) mass is 608 g/mol. The third-order valence-electron chi connectivity index (χ3n) is 4.60. The third kappa shape index (κ3) is 7.01. The topological polar surface area (TPSA) is 94.2 Å². The molecule has 1 heterocycles. The number of carbonyl (C=O) groups is 3. The molecule has 3 rings (SSSR count). The van der Waals surface area contributed by atoms with E-state index >= 15 is 0 Å². The van der Waals surface area contributed by atoms with Gasteiger partial charge in [-0.2, -0.15) is 0 Å². The van der Waals surface area contributed by atoms with E-state index in [1.807, 2.05) is 19.9 Å². The standard InChI is InChI=1S/C25H25IN2O6S/c1-4-11-34-23-19(26)12-16(13-20(23)33-6-3)14-21-24(30)28(25(31)35-21)15-22(29)27-17-7-9-18(10-8-17)32-5-2/h4,7-10,12-14H,1,5-6,11,15H2,2-3H3,(H,27,29)/b21-14+. The van der Waals surface area contributed by atoms with E-state index in [9.17, 15) is 14.4 Å². The number of nitrogens with zero attached hydrogens (tertiary/aromatic N) is 1. The van der Waals surface area contributed by atoms with Crippen molar-refractivity contribution in [2.75, 3.05) is 31.7 Å². The number of carbonyl (C=O) groups excluding carboxylic acids is 3. The molecule has 0 aromatic heterocycles. The molecule has 10 heteroatoms. The fourth-order valence-corrected chi connectivity index (χ4v) is 4.77. The zero-order valence-corrected chi connectivity index (χ0v) is 22.3. The van der Waals surface area contributed by atoms with E-state index in [0.717, 1.165) is 20.2 Å². The Labute approximate surface area is 221 Å². The van der Waals surface area contributed by atoms with Crippen LogP contribution in [0.1, 0.15) is 19.4 Å². The van der Waals surface area contributed by atoms with Gasteiger partial charge >= 0.3 is 0 Å². The molecule has 1 aliphatic rings. The van der Waals surface area contributed by atoms with Crippen LogP contribution in [0.5, 0.6) is 17.2 Å². The first-order valence-electron chi connectivity index (χ1n) is 10.8. The van der Waals surface area contributed by atoms with E-state index in [1.54, 1.807) is 42.5 Å². The number of benzene rings is 2. The van der Waals surface area contributed by atoms with Crippen LogP contribution in [0, 0.1) is 3.57 Å². The van der Waals surface area contributed by atoms with Gasteiger partial charge in [0.15, 0.2) is 11.5 Å². The Hall–Kier alpha value is -2.99. The third-order valence-corrected chi connectivity index (χ3v) is 6.31. The van der Waals surface area contributed by atoms with Crippen LogP contribution in [0.15, 0.2) is 54.0 Å². The Balaban J connectivity index is 1.72. The number of halogens is 1. The van der Waals surface area contributed by atoms with Crippen molar-refractivity contribution in [1.82, 2.24) is 4.90 Å². The molecule has 1 saturated heterocycles. The molecular weight excluding hydrogens is 583 g/mol. The number of nitrogens with one attached hydrogen (secondary N) is 1. The van der Waals surface area contributed by atoms with Crippen molar-refractivity contribution in [3.05, 3.63) is 63.1 Å². The van der Waals surface area contributed by atoms with Gasteiger partial charge in [0.2, 0.25) is 5.91 Å². The summed E-state index contributed by atoms with van der Waals surface area (Å²) in [6.45, 7) is 8.32. The zero-order valence-electron chi connectivity index (χ0n) is 19.3. The highest BCUT2D eigenvalue weighted by atomic mass is 127. The molecule has 3 amide bonds. The predicted octanol–water partition coefficient (Wildman–Crippen LogP) is 5.33. The van der Waals surface area contributed by atoms with Crippen molar-refractivity contribution in [3.8, 4) is 17.2 Å². The predicted molar refractivity (Wildman–Crippen MR) is 145 cm³/mol. The average molecular weight is 608 g/mol. The summed E-state index contributed by atoms with van der Waals surface area (Å²) < 4.78 is 17.6.